The van der Waals surface area contributed by atoms with Crippen molar-refractivity contribution in [2.75, 3.05) is 5.73 Å². The highest BCUT2D eigenvalue weighted by Crippen LogP contribution is 2.30. The summed E-state index contributed by atoms with van der Waals surface area (Å²) in [5.74, 6) is -1.03. The third kappa shape index (κ3) is 3.12. The number of nitrogens with two attached hydrogens (primary N) is 1. The van der Waals surface area contributed by atoms with E-state index in [2.05, 4.69) is 4.98 Å². The zero-order valence-corrected chi connectivity index (χ0v) is 9.41. The molecule has 0 saturated heterocycles. The monoisotopic (exact) mass is 272 g/mol. The van der Waals surface area contributed by atoms with E-state index in [4.69, 9.17) is 10.5 Å². The van der Waals surface area contributed by atoms with Crippen molar-refractivity contribution in [1.82, 2.24) is 4.98 Å². The van der Waals surface area contributed by atoms with E-state index < -0.39 is 17.6 Å². The smallest absolute Gasteiger partial charge is 0.417 e. The van der Waals surface area contributed by atoms with Gasteiger partial charge in [-0.2, -0.15) is 13.2 Å². The van der Waals surface area contributed by atoms with Gasteiger partial charge in [-0.15, -0.1) is 0 Å². The summed E-state index contributed by atoms with van der Waals surface area (Å²) in [4.78, 5) is 3.46. The number of aromatic nitrogens is 1. The Morgan fingerprint density at radius 3 is 2.37 bits per heavy atom. The van der Waals surface area contributed by atoms with Crippen molar-refractivity contribution in [2.45, 2.75) is 6.18 Å². The molecule has 0 radical (unpaired) electrons. The van der Waals surface area contributed by atoms with Crippen LogP contribution in [0.5, 0.6) is 11.6 Å². The summed E-state index contributed by atoms with van der Waals surface area (Å²) in [6.45, 7) is 0. The summed E-state index contributed by atoms with van der Waals surface area (Å²) in [5, 5.41) is 0. The van der Waals surface area contributed by atoms with Crippen LogP contribution in [0, 0.1) is 5.82 Å². The minimum Gasteiger partial charge on any atom is -0.436 e. The summed E-state index contributed by atoms with van der Waals surface area (Å²) in [5.41, 5.74) is 4.66. The van der Waals surface area contributed by atoms with Gasteiger partial charge in [-0.1, -0.05) is 0 Å². The molecule has 2 rings (SSSR count). The molecule has 0 bridgehead atoms. The predicted octanol–water partition coefficient (Wildman–Crippen LogP) is 3.61. The van der Waals surface area contributed by atoms with E-state index in [1.54, 1.807) is 0 Å². The Kier molecular flexibility index (Phi) is 3.28. The molecule has 0 fully saturated rings. The lowest BCUT2D eigenvalue weighted by Gasteiger charge is -2.08. The summed E-state index contributed by atoms with van der Waals surface area (Å²) in [6.07, 6.45) is -3.86. The van der Waals surface area contributed by atoms with Gasteiger partial charge in [0.25, 0.3) is 0 Å². The average Bonchev–Trinajstić information content (AvgIpc) is 2.32. The summed E-state index contributed by atoms with van der Waals surface area (Å²) >= 11 is 0. The Morgan fingerprint density at radius 1 is 1.11 bits per heavy atom. The Balaban J connectivity index is 2.20. The molecule has 0 unspecified atom stereocenters. The minimum absolute atomic E-state index is 0.142. The second kappa shape index (κ2) is 4.75. The van der Waals surface area contributed by atoms with Gasteiger partial charge in [0.15, 0.2) is 11.6 Å². The van der Waals surface area contributed by atoms with Crippen molar-refractivity contribution in [3.8, 4) is 11.6 Å². The van der Waals surface area contributed by atoms with Crippen LogP contribution in [0.3, 0.4) is 0 Å². The van der Waals surface area contributed by atoms with Gasteiger partial charge in [-0.3, -0.25) is 0 Å². The van der Waals surface area contributed by atoms with E-state index >= 15 is 0 Å². The molecular weight excluding hydrogens is 264 g/mol. The van der Waals surface area contributed by atoms with Crippen LogP contribution in [0.2, 0.25) is 0 Å². The fraction of sp³-hybridized carbons (Fsp3) is 0.0833. The van der Waals surface area contributed by atoms with Crippen LogP contribution >= 0.6 is 0 Å². The maximum atomic E-state index is 13.4. The SMILES string of the molecule is Nc1ccc(Oc2ccc(C(F)(F)F)cn2)c(F)c1. The topological polar surface area (TPSA) is 48.1 Å². The highest BCUT2D eigenvalue weighted by Gasteiger charge is 2.30. The lowest BCUT2D eigenvalue weighted by atomic mass is 10.3. The first-order valence-corrected chi connectivity index (χ1v) is 5.12. The van der Waals surface area contributed by atoms with E-state index in [9.17, 15) is 17.6 Å². The van der Waals surface area contributed by atoms with Crippen molar-refractivity contribution >= 4 is 5.69 Å². The number of benzene rings is 1. The van der Waals surface area contributed by atoms with Crippen LogP contribution < -0.4 is 10.5 Å². The molecule has 100 valence electrons. The van der Waals surface area contributed by atoms with E-state index in [0.29, 0.717) is 6.20 Å². The molecule has 3 nitrogen and oxygen atoms in total. The third-order valence-electron chi connectivity index (χ3n) is 2.23. The molecule has 2 aromatic rings. The normalized spacial score (nSPS) is 11.4. The molecule has 7 heteroatoms. The number of hydrogen-bond donors (Lipinski definition) is 1. The molecule has 0 saturated carbocycles. The lowest BCUT2D eigenvalue weighted by molar-refractivity contribution is -0.137. The molecular formula is C12H8F4N2O. The number of nitrogen functional groups attached to an aromatic ring is 1. The molecule has 19 heavy (non-hydrogen) atoms. The third-order valence-corrected chi connectivity index (χ3v) is 2.23. The van der Waals surface area contributed by atoms with Crippen LogP contribution in [0.4, 0.5) is 23.2 Å². The quantitative estimate of drug-likeness (QED) is 0.671. The van der Waals surface area contributed by atoms with Crippen LogP contribution in [0.25, 0.3) is 0 Å². The molecule has 0 aliphatic heterocycles. The number of ether oxygens (including phenoxy) is 1. The molecule has 0 aliphatic carbocycles. The number of halogens is 4. The molecule has 1 aromatic carbocycles. The maximum absolute atomic E-state index is 13.4. The molecule has 0 amide bonds. The van der Waals surface area contributed by atoms with Gasteiger partial charge in [0.2, 0.25) is 5.88 Å². The first-order chi connectivity index (χ1) is 8.86. The Bertz CT molecular complexity index is 581. The predicted molar refractivity (Wildman–Crippen MR) is 60.1 cm³/mol. The maximum Gasteiger partial charge on any atom is 0.417 e. The van der Waals surface area contributed by atoms with Gasteiger partial charge in [0.05, 0.1) is 5.56 Å². The molecule has 1 aromatic heterocycles. The Hall–Kier alpha value is -2.31. The van der Waals surface area contributed by atoms with Crippen molar-refractivity contribution in [3.05, 3.63) is 47.9 Å². The summed E-state index contributed by atoms with van der Waals surface area (Å²) in [6, 6.07) is 5.53. The van der Waals surface area contributed by atoms with Gasteiger partial charge in [-0.05, 0) is 18.2 Å². The molecule has 0 spiro atoms. The van der Waals surface area contributed by atoms with Gasteiger partial charge >= 0.3 is 6.18 Å². The Labute approximate surface area is 105 Å². The second-order valence-corrected chi connectivity index (χ2v) is 3.67. The van der Waals surface area contributed by atoms with Crippen molar-refractivity contribution in [3.63, 3.8) is 0 Å². The number of nitrogens with zero attached hydrogens (tertiary/aromatic N) is 1. The summed E-state index contributed by atoms with van der Waals surface area (Å²) < 4.78 is 55.3. The Morgan fingerprint density at radius 2 is 1.84 bits per heavy atom. The number of hydrogen-bond acceptors (Lipinski definition) is 3. The van der Waals surface area contributed by atoms with Crippen LogP contribution in [-0.4, -0.2) is 4.98 Å². The first-order valence-electron chi connectivity index (χ1n) is 5.12. The number of rotatable bonds is 2. The zero-order chi connectivity index (χ0) is 14.0. The standard InChI is InChI=1S/C12H8F4N2O/c13-9-5-8(17)2-3-10(9)19-11-4-1-7(6-18-11)12(14,15)16/h1-6H,17H2. The minimum atomic E-state index is -4.47. The fourth-order valence-electron chi connectivity index (χ4n) is 1.32. The molecule has 1 heterocycles. The zero-order valence-electron chi connectivity index (χ0n) is 9.41. The van der Waals surface area contributed by atoms with Crippen LogP contribution in [0.15, 0.2) is 36.5 Å². The molecule has 0 aliphatic rings. The van der Waals surface area contributed by atoms with E-state index in [1.807, 2.05) is 0 Å². The number of alkyl halides is 3. The molecule has 2 N–H and O–H groups in total. The highest BCUT2D eigenvalue weighted by atomic mass is 19.4. The molecule has 0 atom stereocenters. The van der Waals surface area contributed by atoms with Gasteiger partial charge in [-0.25, -0.2) is 9.37 Å². The van der Waals surface area contributed by atoms with Crippen molar-refractivity contribution in [1.29, 1.82) is 0 Å². The summed E-state index contributed by atoms with van der Waals surface area (Å²) in [7, 11) is 0. The largest absolute Gasteiger partial charge is 0.436 e. The van der Waals surface area contributed by atoms with Crippen molar-refractivity contribution < 1.29 is 22.3 Å². The van der Waals surface area contributed by atoms with Gasteiger partial charge in [0, 0.05) is 24.0 Å². The van der Waals surface area contributed by atoms with E-state index in [-0.39, 0.29) is 17.3 Å². The number of anilines is 1. The average molecular weight is 272 g/mol. The van der Waals surface area contributed by atoms with Crippen molar-refractivity contribution in [2.24, 2.45) is 0 Å². The number of pyridine rings is 1. The van der Waals surface area contributed by atoms with Gasteiger partial charge in [0.1, 0.15) is 0 Å². The second-order valence-electron chi connectivity index (χ2n) is 3.67. The van der Waals surface area contributed by atoms with Crippen LogP contribution in [-0.2, 0) is 6.18 Å². The fourth-order valence-corrected chi connectivity index (χ4v) is 1.32. The highest BCUT2D eigenvalue weighted by molar-refractivity contribution is 5.43. The lowest BCUT2D eigenvalue weighted by Crippen LogP contribution is -2.05. The van der Waals surface area contributed by atoms with E-state index in [1.165, 1.54) is 12.1 Å². The van der Waals surface area contributed by atoms with Crippen LogP contribution in [0.1, 0.15) is 5.56 Å². The first kappa shape index (κ1) is 13.1. The van der Waals surface area contributed by atoms with E-state index in [0.717, 1.165) is 18.2 Å². The van der Waals surface area contributed by atoms with Gasteiger partial charge < -0.3 is 10.5 Å².